The Hall–Kier alpha value is -3.03. The fourth-order valence-electron chi connectivity index (χ4n) is 2.22. The maximum atomic E-state index is 12.5. The van der Waals surface area contributed by atoms with Crippen LogP contribution in [0, 0.1) is 6.92 Å². The second-order valence-corrected chi connectivity index (χ2v) is 5.93. The Labute approximate surface area is 155 Å². The third-order valence-electron chi connectivity index (χ3n) is 3.74. The van der Waals surface area contributed by atoms with E-state index in [-0.39, 0.29) is 24.7 Å². The van der Waals surface area contributed by atoms with Crippen molar-refractivity contribution in [3.63, 3.8) is 0 Å². The molecule has 8 heteroatoms. The third-order valence-corrected chi connectivity index (χ3v) is 3.74. The van der Waals surface area contributed by atoms with Gasteiger partial charge in [0.2, 0.25) is 0 Å². The first-order chi connectivity index (χ1) is 12.8. The van der Waals surface area contributed by atoms with Crippen molar-refractivity contribution in [2.75, 3.05) is 13.1 Å². The van der Waals surface area contributed by atoms with E-state index in [9.17, 15) is 22.8 Å². The molecule has 27 heavy (non-hydrogen) atoms. The van der Waals surface area contributed by atoms with Crippen molar-refractivity contribution < 1.29 is 22.8 Å². The lowest BCUT2D eigenvalue weighted by atomic mass is 10.1. The van der Waals surface area contributed by atoms with Crippen LogP contribution >= 0.6 is 0 Å². The second-order valence-electron chi connectivity index (χ2n) is 5.93. The minimum absolute atomic E-state index is 0.117. The molecule has 0 radical (unpaired) electrons. The van der Waals surface area contributed by atoms with E-state index in [1.54, 1.807) is 0 Å². The van der Waals surface area contributed by atoms with Gasteiger partial charge in [-0.05, 0) is 36.8 Å². The molecule has 0 aliphatic carbocycles. The topological polar surface area (TPSA) is 70.2 Å². The second kappa shape index (κ2) is 9.07. The lowest BCUT2D eigenvalue weighted by molar-refractivity contribution is -0.137. The highest BCUT2D eigenvalue weighted by atomic mass is 19.4. The number of nitrogens with one attached hydrogen (secondary N) is 3. The van der Waals surface area contributed by atoms with Gasteiger partial charge in [0.05, 0.1) is 5.56 Å². The predicted molar refractivity (Wildman–Crippen MR) is 95.2 cm³/mol. The molecule has 0 fully saturated rings. The number of hydrogen-bond acceptors (Lipinski definition) is 2. The van der Waals surface area contributed by atoms with Gasteiger partial charge in [0, 0.05) is 25.2 Å². The van der Waals surface area contributed by atoms with Crippen LogP contribution in [0.5, 0.6) is 0 Å². The summed E-state index contributed by atoms with van der Waals surface area (Å²) in [5, 5.41) is 7.81. The Morgan fingerprint density at radius 1 is 0.852 bits per heavy atom. The highest BCUT2D eigenvalue weighted by Crippen LogP contribution is 2.29. The Morgan fingerprint density at radius 2 is 1.44 bits per heavy atom. The van der Waals surface area contributed by atoms with Crippen molar-refractivity contribution in [2.24, 2.45) is 0 Å². The van der Waals surface area contributed by atoms with E-state index >= 15 is 0 Å². The Morgan fingerprint density at radius 3 is 2.04 bits per heavy atom. The predicted octanol–water partition coefficient (Wildman–Crippen LogP) is 3.24. The molecule has 0 bridgehead atoms. The fraction of sp³-hybridized carbons (Fsp3) is 0.263. The SMILES string of the molecule is Cc1ccc(CNC(=O)NCCNC(=O)c2ccc(C(F)(F)F)cc2)cc1. The highest BCUT2D eigenvalue weighted by molar-refractivity contribution is 5.94. The van der Waals surface area contributed by atoms with Crippen LogP contribution in [0.1, 0.15) is 27.0 Å². The first-order valence-corrected chi connectivity index (χ1v) is 8.28. The molecule has 0 aliphatic rings. The molecule has 2 aromatic rings. The largest absolute Gasteiger partial charge is 0.416 e. The number of carbonyl (C=O) groups is 2. The molecule has 2 aromatic carbocycles. The summed E-state index contributed by atoms with van der Waals surface area (Å²) in [6.45, 7) is 2.69. The summed E-state index contributed by atoms with van der Waals surface area (Å²) < 4.78 is 37.5. The molecular formula is C19H20F3N3O2. The quantitative estimate of drug-likeness (QED) is 0.675. The zero-order valence-electron chi connectivity index (χ0n) is 14.7. The van der Waals surface area contributed by atoms with Crippen LogP contribution in [0.4, 0.5) is 18.0 Å². The van der Waals surface area contributed by atoms with E-state index in [1.807, 2.05) is 31.2 Å². The Kier molecular flexibility index (Phi) is 6.81. The van der Waals surface area contributed by atoms with Gasteiger partial charge in [0.1, 0.15) is 0 Å². The molecule has 144 valence electrons. The summed E-state index contributed by atoms with van der Waals surface area (Å²) in [4.78, 5) is 23.6. The summed E-state index contributed by atoms with van der Waals surface area (Å²) in [6, 6.07) is 11.3. The summed E-state index contributed by atoms with van der Waals surface area (Å²) in [6.07, 6.45) is -4.44. The number of amides is 3. The van der Waals surface area contributed by atoms with Crippen molar-refractivity contribution in [1.29, 1.82) is 0 Å². The maximum absolute atomic E-state index is 12.5. The van der Waals surface area contributed by atoms with Gasteiger partial charge in [0.25, 0.3) is 5.91 Å². The van der Waals surface area contributed by atoms with Crippen molar-refractivity contribution in [2.45, 2.75) is 19.6 Å². The lowest BCUT2D eigenvalue weighted by Crippen LogP contribution is -2.40. The summed E-state index contributed by atoms with van der Waals surface area (Å²) in [5.41, 5.74) is 1.40. The van der Waals surface area contributed by atoms with Crippen LogP contribution in [0.3, 0.4) is 0 Å². The normalized spacial score (nSPS) is 11.0. The number of carbonyl (C=O) groups excluding carboxylic acids is 2. The highest BCUT2D eigenvalue weighted by Gasteiger charge is 2.30. The molecule has 3 amide bonds. The molecule has 0 spiro atoms. The molecule has 0 unspecified atom stereocenters. The van der Waals surface area contributed by atoms with Gasteiger partial charge in [-0.15, -0.1) is 0 Å². The van der Waals surface area contributed by atoms with Crippen LogP contribution in [0.2, 0.25) is 0 Å². The van der Waals surface area contributed by atoms with Gasteiger partial charge >= 0.3 is 12.2 Å². The van der Waals surface area contributed by atoms with Crippen molar-refractivity contribution >= 4 is 11.9 Å². The zero-order chi connectivity index (χ0) is 19.9. The van der Waals surface area contributed by atoms with Gasteiger partial charge in [-0.1, -0.05) is 29.8 Å². The molecule has 0 aliphatic heterocycles. The van der Waals surface area contributed by atoms with Crippen LogP contribution in [0.25, 0.3) is 0 Å². The Bertz CT molecular complexity index is 772. The van der Waals surface area contributed by atoms with Crippen LogP contribution < -0.4 is 16.0 Å². The lowest BCUT2D eigenvalue weighted by Gasteiger charge is -2.10. The first-order valence-electron chi connectivity index (χ1n) is 8.28. The first kappa shape index (κ1) is 20.3. The van der Waals surface area contributed by atoms with Gasteiger partial charge < -0.3 is 16.0 Å². The van der Waals surface area contributed by atoms with E-state index in [0.717, 1.165) is 35.4 Å². The standard InChI is InChI=1S/C19H20F3N3O2/c1-13-2-4-14(5-3-13)12-25-18(27)24-11-10-23-17(26)15-6-8-16(9-7-15)19(20,21)22/h2-9H,10-12H2,1H3,(H,23,26)(H2,24,25,27). The summed E-state index contributed by atoms with van der Waals surface area (Å²) in [7, 11) is 0. The molecule has 0 saturated carbocycles. The number of rotatable bonds is 6. The number of aryl methyl sites for hydroxylation is 1. The smallest absolute Gasteiger partial charge is 0.350 e. The Balaban J connectivity index is 1.67. The molecule has 0 aromatic heterocycles. The zero-order valence-corrected chi connectivity index (χ0v) is 14.7. The summed E-state index contributed by atoms with van der Waals surface area (Å²) >= 11 is 0. The van der Waals surface area contributed by atoms with Gasteiger partial charge in [0.15, 0.2) is 0 Å². The fourth-order valence-corrected chi connectivity index (χ4v) is 2.22. The molecule has 3 N–H and O–H groups in total. The average Bonchev–Trinajstić information content (AvgIpc) is 2.64. The number of benzene rings is 2. The minimum Gasteiger partial charge on any atom is -0.350 e. The van der Waals surface area contributed by atoms with E-state index < -0.39 is 17.6 Å². The number of hydrogen-bond donors (Lipinski definition) is 3. The van der Waals surface area contributed by atoms with Gasteiger partial charge in [-0.3, -0.25) is 4.79 Å². The van der Waals surface area contributed by atoms with Crippen molar-refractivity contribution in [1.82, 2.24) is 16.0 Å². The number of halogens is 3. The van der Waals surface area contributed by atoms with Crippen molar-refractivity contribution in [3.05, 3.63) is 70.8 Å². The van der Waals surface area contributed by atoms with Crippen LogP contribution in [-0.2, 0) is 12.7 Å². The van der Waals surface area contributed by atoms with E-state index in [2.05, 4.69) is 16.0 Å². The summed E-state index contributed by atoms with van der Waals surface area (Å²) in [5.74, 6) is -0.509. The number of urea groups is 1. The van der Waals surface area contributed by atoms with E-state index in [1.165, 1.54) is 0 Å². The molecular weight excluding hydrogens is 359 g/mol. The van der Waals surface area contributed by atoms with Crippen molar-refractivity contribution in [3.8, 4) is 0 Å². The minimum atomic E-state index is -4.44. The molecule has 0 atom stereocenters. The maximum Gasteiger partial charge on any atom is 0.416 e. The van der Waals surface area contributed by atoms with E-state index in [0.29, 0.717) is 6.54 Å². The van der Waals surface area contributed by atoms with Gasteiger partial charge in [-0.2, -0.15) is 13.2 Å². The van der Waals surface area contributed by atoms with Crippen LogP contribution in [-0.4, -0.2) is 25.0 Å². The molecule has 5 nitrogen and oxygen atoms in total. The van der Waals surface area contributed by atoms with Crippen LogP contribution in [0.15, 0.2) is 48.5 Å². The van der Waals surface area contributed by atoms with E-state index in [4.69, 9.17) is 0 Å². The van der Waals surface area contributed by atoms with Gasteiger partial charge in [-0.25, -0.2) is 4.79 Å². The molecule has 0 heterocycles. The average molecular weight is 379 g/mol. The number of alkyl halides is 3. The monoisotopic (exact) mass is 379 g/mol. The molecule has 2 rings (SSSR count). The third kappa shape index (κ3) is 6.65. The molecule has 0 saturated heterocycles.